The molecule has 1 aliphatic rings. The number of carbonyl (C=O) groups excluding carboxylic acids is 2. The van der Waals surface area contributed by atoms with Crippen molar-refractivity contribution in [3.05, 3.63) is 0 Å². The van der Waals surface area contributed by atoms with Crippen molar-refractivity contribution in [3.63, 3.8) is 0 Å². The molecule has 0 aromatic rings. The first-order valence-electron chi connectivity index (χ1n) is 4.90. The van der Waals surface area contributed by atoms with Crippen LogP contribution in [0.15, 0.2) is 0 Å². The van der Waals surface area contributed by atoms with Gasteiger partial charge in [0.2, 0.25) is 5.91 Å². The van der Waals surface area contributed by atoms with Gasteiger partial charge in [0.25, 0.3) is 5.91 Å². The van der Waals surface area contributed by atoms with Gasteiger partial charge in [0.05, 0.1) is 11.4 Å². The molecule has 1 fully saturated rings. The monoisotopic (exact) mass is 229 g/mol. The molecule has 1 N–H and O–H groups in total. The quantitative estimate of drug-likeness (QED) is 0.564. The number of nitrogens with zero attached hydrogens (tertiary/aromatic N) is 1. The van der Waals surface area contributed by atoms with Gasteiger partial charge in [-0.2, -0.15) is 0 Å². The number of imide groups is 1. The lowest BCUT2D eigenvalue weighted by Gasteiger charge is -2.28. The maximum atomic E-state index is 11.5. The molecule has 15 heavy (non-hydrogen) atoms. The normalized spacial score (nSPS) is 22.4. The third-order valence-electron chi connectivity index (χ3n) is 2.79. The zero-order valence-corrected chi connectivity index (χ0v) is 9.93. The van der Waals surface area contributed by atoms with Crippen LogP contribution in [0.1, 0.15) is 33.6 Å². The van der Waals surface area contributed by atoms with E-state index < -0.39 is 17.9 Å². The zero-order chi connectivity index (χ0) is 11.8. The summed E-state index contributed by atoms with van der Waals surface area (Å²) in [7, 11) is 0. The summed E-state index contributed by atoms with van der Waals surface area (Å²) in [6.07, 6.45) is -0.638. The molecule has 5 heteroatoms. The average Bonchev–Trinajstić information content (AvgIpc) is 2.40. The summed E-state index contributed by atoms with van der Waals surface area (Å²) >= 11 is 5.13. The van der Waals surface area contributed by atoms with E-state index in [9.17, 15) is 14.7 Å². The Morgan fingerprint density at radius 1 is 1.60 bits per heavy atom. The minimum absolute atomic E-state index is 0.154. The second kappa shape index (κ2) is 3.98. The number of likely N-dealkylation sites (tertiary alicyclic amines) is 1. The summed E-state index contributed by atoms with van der Waals surface area (Å²) in [6.45, 7) is 5.69. The van der Waals surface area contributed by atoms with Crippen LogP contribution in [0.5, 0.6) is 0 Å². The third-order valence-corrected chi connectivity index (χ3v) is 3.52. The summed E-state index contributed by atoms with van der Waals surface area (Å²) in [5.74, 6) is -0.995. The molecule has 1 rings (SSSR count). The maximum absolute atomic E-state index is 11.5. The molecule has 2 amide bonds. The van der Waals surface area contributed by atoms with Crippen LogP contribution in [-0.2, 0) is 9.59 Å². The smallest absolute Gasteiger partial charge is 0.263 e. The Balaban J connectivity index is 2.94. The van der Waals surface area contributed by atoms with E-state index in [0.29, 0.717) is 4.99 Å². The van der Waals surface area contributed by atoms with Gasteiger partial charge >= 0.3 is 0 Å². The van der Waals surface area contributed by atoms with Crippen molar-refractivity contribution < 1.29 is 14.7 Å². The van der Waals surface area contributed by atoms with Crippen molar-refractivity contribution in [3.8, 4) is 0 Å². The predicted octanol–water partition coefficient (Wildman–Crippen LogP) is 0.870. The van der Waals surface area contributed by atoms with Crippen LogP contribution >= 0.6 is 12.2 Å². The number of hydrogen-bond acceptors (Lipinski definition) is 4. The molecule has 0 spiro atoms. The predicted molar refractivity (Wildman–Crippen MR) is 59.1 cm³/mol. The van der Waals surface area contributed by atoms with Crippen molar-refractivity contribution in [1.82, 2.24) is 4.90 Å². The van der Waals surface area contributed by atoms with Crippen LogP contribution in [-0.4, -0.2) is 32.9 Å². The number of aliphatic hydroxyl groups excluding tert-OH is 1. The fraction of sp³-hybridized carbons (Fsp3) is 0.700. The molecule has 1 aliphatic heterocycles. The average molecular weight is 229 g/mol. The molecule has 1 atom stereocenters. The lowest BCUT2D eigenvalue weighted by atomic mass is 9.89. The second-order valence-electron chi connectivity index (χ2n) is 4.33. The van der Waals surface area contributed by atoms with Crippen LogP contribution in [0.25, 0.3) is 0 Å². The summed E-state index contributed by atoms with van der Waals surface area (Å²) in [5, 5.41) is 9.25. The van der Waals surface area contributed by atoms with Crippen molar-refractivity contribution in [2.45, 2.75) is 39.7 Å². The summed E-state index contributed by atoms with van der Waals surface area (Å²) in [5.41, 5.74) is -0.384. The van der Waals surface area contributed by atoms with Crippen LogP contribution in [0.4, 0.5) is 0 Å². The highest BCUT2D eigenvalue weighted by molar-refractivity contribution is 7.80. The molecule has 0 saturated carbocycles. The molecule has 0 aromatic heterocycles. The van der Waals surface area contributed by atoms with Crippen LogP contribution < -0.4 is 0 Å². The Morgan fingerprint density at radius 2 is 2.13 bits per heavy atom. The first-order chi connectivity index (χ1) is 6.81. The summed E-state index contributed by atoms with van der Waals surface area (Å²) < 4.78 is 0. The molecule has 0 radical (unpaired) electrons. The van der Waals surface area contributed by atoms with Crippen molar-refractivity contribution in [2.24, 2.45) is 5.41 Å². The molecule has 1 heterocycles. The molecule has 0 aromatic carbocycles. The van der Waals surface area contributed by atoms with Gasteiger partial charge in [0, 0.05) is 5.41 Å². The SMILES string of the molecule is CCC(C)(C)C(=S)N1C(=O)CC(O)C1=O. The van der Waals surface area contributed by atoms with E-state index in [1.807, 2.05) is 20.8 Å². The Labute approximate surface area is 94.3 Å². The molecular formula is C10H15NO3S. The van der Waals surface area contributed by atoms with Gasteiger partial charge in [-0.1, -0.05) is 33.0 Å². The molecule has 4 nitrogen and oxygen atoms in total. The number of thiocarbonyl (C=S) groups is 1. The number of amides is 2. The van der Waals surface area contributed by atoms with Crippen LogP contribution in [0.2, 0.25) is 0 Å². The number of aliphatic hydroxyl groups is 1. The fourth-order valence-electron chi connectivity index (χ4n) is 1.28. The summed E-state index contributed by atoms with van der Waals surface area (Å²) in [4.78, 5) is 24.2. The van der Waals surface area contributed by atoms with E-state index in [1.54, 1.807) is 0 Å². The molecular weight excluding hydrogens is 214 g/mol. The van der Waals surface area contributed by atoms with Gasteiger partial charge in [-0.3, -0.25) is 9.59 Å². The van der Waals surface area contributed by atoms with Crippen molar-refractivity contribution >= 4 is 29.0 Å². The highest BCUT2D eigenvalue weighted by atomic mass is 32.1. The highest BCUT2D eigenvalue weighted by Crippen LogP contribution is 2.27. The standard InChI is InChI=1S/C10H15NO3S/c1-4-10(2,3)9(15)11-7(13)5-6(12)8(11)14/h6,12H,4-5H2,1-3H3. The minimum atomic E-state index is -1.22. The van der Waals surface area contributed by atoms with Gasteiger partial charge in [-0.25, -0.2) is 4.90 Å². The lowest BCUT2D eigenvalue weighted by molar-refractivity contribution is -0.136. The summed E-state index contributed by atoms with van der Waals surface area (Å²) in [6, 6.07) is 0. The van der Waals surface area contributed by atoms with E-state index in [4.69, 9.17) is 12.2 Å². The van der Waals surface area contributed by atoms with Gasteiger partial charge in [-0.05, 0) is 6.42 Å². The zero-order valence-electron chi connectivity index (χ0n) is 9.11. The highest BCUT2D eigenvalue weighted by Gasteiger charge is 2.43. The van der Waals surface area contributed by atoms with Crippen LogP contribution in [0, 0.1) is 5.41 Å². The van der Waals surface area contributed by atoms with Crippen molar-refractivity contribution in [1.29, 1.82) is 0 Å². The number of rotatable bonds is 2. The Bertz CT molecular complexity index is 325. The largest absolute Gasteiger partial charge is 0.383 e. The first kappa shape index (κ1) is 12.3. The van der Waals surface area contributed by atoms with Gasteiger partial charge < -0.3 is 5.11 Å². The topological polar surface area (TPSA) is 57.6 Å². The molecule has 84 valence electrons. The van der Waals surface area contributed by atoms with E-state index >= 15 is 0 Å². The van der Waals surface area contributed by atoms with E-state index in [1.165, 1.54) is 0 Å². The third kappa shape index (κ3) is 2.08. The Kier molecular flexibility index (Phi) is 3.25. The Morgan fingerprint density at radius 3 is 2.47 bits per heavy atom. The second-order valence-corrected chi connectivity index (χ2v) is 4.72. The van der Waals surface area contributed by atoms with Gasteiger partial charge in [-0.15, -0.1) is 0 Å². The fourth-order valence-corrected chi connectivity index (χ4v) is 1.62. The van der Waals surface area contributed by atoms with Crippen molar-refractivity contribution in [2.75, 3.05) is 0 Å². The first-order valence-corrected chi connectivity index (χ1v) is 5.31. The minimum Gasteiger partial charge on any atom is -0.383 e. The Hall–Kier alpha value is -0.810. The number of carbonyl (C=O) groups is 2. The maximum Gasteiger partial charge on any atom is 0.263 e. The van der Waals surface area contributed by atoms with E-state index in [0.717, 1.165) is 11.3 Å². The van der Waals surface area contributed by atoms with Gasteiger partial charge in [0.15, 0.2) is 0 Å². The molecule has 0 bridgehead atoms. The van der Waals surface area contributed by atoms with Gasteiger partial charge in [0.1, 0.15) is 6.10 Å². The molecule has 0 aliphatic carbocycles. The van der Waals surface area contributed by atoms with E-state index in [2.05, 4.69) is 0 Å². The molecule has 1 saturated heterocycles. The molecule has 1 unspecified atom stereocenters. The van der Waals surface area contributed by atoms with E-state index in [-0.39, 0.29) is 11.8 Å². The number of hydrogen-bond donors (Lipinski definition) is 1. The lowest BCUT2D eigenvalue weighted by Crippen LogP contribution is -2.43. The van der Waals surface area contributed by atoms with Crippen LogP contribution in [0.3, 0.4) is 0 Å².